The maximum Gasteiger partial charge on any atom is 0.265 e. The van der Waals surface area contributed by atoms with Crippen molar-refractivity contribution in [3.63, 3.8) is 0 Å². The molecule has 32 heavy (non-hydrogen) atoms. The summed E-state index contributed by atoms with van der Waals surface area (Å²) < 4.78 is 32.7. The fourth-order valence-corrected chi connectivity index (χ4v) is 3.70. The number of benzene rings is 1. The van der Waals surface area contributed by atoms with E-state index in [9.17, 15) is 23.2 Å². The maximum atomic E-state index is 13.8. The van der Waals surface area contributed by atoms with Crippen LogP contribution in [0, 0.1) is 11.8 Å². The van der Waals surface area contributed by atoms with Crippen molar-refractivity contribution in [2.24, 2.45) is 17.6 Å². The molecule has 1 atom stereocenters. The number of ether oxygens (including phenoxy) is 1. The van der Waals surface area contributed by atoms with Crippen molar-refractivity contribution in [2.75, 3.05) is 43.1 Å². The Morgan fingerprint density at radius 1 is 1.19 bits per heavy atom. The molecule has 10 heteroatoms. The molecule has 178 valence electrons. The van der Waals surface area contributed by atoms with Gasteiger partial charge in [-0.25, -0.2) is 8.78 Å². The summed E-state index contributed by atoms with van der Waals surface area (Å²) in [5.74, 6) is -1.63. The molecule has 1 aromatic carbocycles. The molecule has 1 aromatic rings. The van der Waals surface area contributed by atoms with Crippen molar-refractivity contribution < 1.29 is 27.9 Å². The molecular formula is C22H32F2N4O4. The highest BCUT2D eigenvalue weighted by Crippen LogP contribution is 2.32. The zero-order valence-electron chi connectivity index (χ0n) is 18.9. The number of amides is 3. The van der Waals surface area contributed by atoms with E-state index in [0.717, 1.165) is 0 Å². The summed E-state index contributed by atoms with van der Waals surface area (Å²) in [6.07, 6.45) is -2.91. The van der Waals surface area contributed by atoms with E-state index in [0.29, 0.717) is 25.4 Å². The van der Waals surface area contributed by atoms with Crippen molar-refractivity contribution in [1.29, 1.82) is 0 Å². The van der Waals surface area contributed by atoms with E-state index in [1.54, 1.807) is 4.90 Å². The van der Waals surface area contributed by atoms with Crippen LogP contribution in [-0.4, -0.2) is 61.5 Å². The Morgan fingerprint density at radius 2 is 1.81 bits per heavy atom. The minimum absolute atomic E-state index is 0.121. The van der Waals surface area contributed by atoms with Gasteiger partial charge in [-0.2, -0.15) is 0 Å². The van der Waals surface area contributed by atoms with Gasteiger partial charge in [0.15, 0.2) is 6.04 Å². The molecule has 1 aliphatic rings. The van der Waals surface area contributed by atoms with Crippen LogP contribution < -0.4 is 16.0 Å². The van der Waals surface area contributed by atoms with Crippen molar-refractivity contribution in [3.05, 3.63) is 23.8 Å². The lowest BCUT2D eigenvalue weighted by molar-refractivity contribution is -0.133. The molecule has 0 aliphatic carbocycles. The van der Waals surface area contributed by atoms with Gasteiger partial charge in [-0.05, 0) is 30.0 Å². The molecule has 0 saturated carbocycles. The van der Waals surface area contributed by atoms with Crippen LogP contribution in [0.5, 0.6) is 0 Å². The van der Waals surface area contributed by atoms with E-state index in [1.165, 1.54) is 23.1 Å². The maximum absolute atomic E-state index is 13.8. The summed E-state index contributed by atoms with van der Waals surface area (Å²) in [6.45, 7) is 9.11. The SMILES string of the molecule is CC(C)CN(CC(C)C)[C@@H](C(N)=O)C(=O)Nc1ccc(N2CCOCC2=O)cc1C(F)F. The average Bonchev–Trinajstić information content (AvgIpc) is 2.67. The fraction of sp³-hybridized carbons (Fsp3) is 0.591. The molecule has 3 amide bonds. The van der Waals surface area contributed by atoms with Crippen LogP contribution >= 0.6 is 0 Å². The van der Waals surface area contributed by atoms with Crippen LogP contribution in [0.15, 0.2) is 18.2 Å². The predicted molar refractivity (Wildman–Crippen MR) is 117 cm³/mol. The Hall–Kier alpha value is -2.59. The van der Waals surface area contributed by atoms with E-state index in [2.05, 4.69) is 5.32 Å². The second kappa shape index (κ2) is 11.3. The largest absolute Gasteiger partial charge is 0.370 e. The molecule has 0 unspecified atom stereocenters. The molecule has 1 heterocycles. The number of rotatable bonds is 10. The summed E-state index contributed by atoms with van der Waals surface area (Å²) in [6, 6.07) is 2.66. The lowest BCUT2D eigenvalue weighted by Gasteiger charge is -2.31. The van der Waals surface area contributed by atoms with Gasteiger partial charge in [0.05, 0.1) is 6.61 Å². The summed E-state index contributed by atoms with van der Waals surface area (Å²) in [7, 11) is 0. The van der Waals surface area contributed by atoms with Crippen LogP contribution in [0.25, 0.3) is 0 Å². The number of nitrogens with one attached hydrogen (secondary N) is 1. The molecule has 1 aliphatic heterocycles. The molecule has 1 fully saturated rings. The second-order valence-corrected chi connectivity index (χ2v) is 8.71. The lowest BCUT2D eigenvalue weighted by atomic mass is 10.1. The zero-order valence-corrected chi connectivity index (χ0v) is 18.9. The Bertz CT molecular complexity index is 822. The normalized spacial score (nSPS) is 15.7. The monoisotopic (exact) mass is 454 g/mol. The Kier molecular flexibility index (Phi) is 9.09. The summed E-state index contributed by atoms with van der Waals surface area (Å²) >= 11 is 0. The topological polar surface area (TPSA) is 105 Å². The first kappa shape index (κ1) is 25.7. The molecule has 0 radical (unpaired) electrons. The standard InChI is InChI=1S/C22H32F2N4O4/c1-13(2)10-27(11-14(3)4)19(21(25)30)22(31)26-17-6-5-15(9-16(17)20(23)24)28-7-8-32-12-18(28)29/h5-6,9,13-14,19-20H,7-8,10-12H2,1-4H3,(H2,25,30)(H,26,31)/t19-/m0/s1. The van der Waals surface area contributed by atoms with Crippen molar-refractivity contribution in [3.8, 4) is 0 Å². The van der Waals surface area contributed by atoms with E-state index < -0.39 is 29.8 Å². The number of carbonyl (C=O) groups is 3. The number of alkyl halides is 2. The number of hydrogen-bond donors (Lipinski definition) is 2. The minimum atomic E-state index is -2.91. The highest BCUT2D eigenvalue weighted by atomic mass is 19.3. The second-order valence-electron chi connectivity index (χ2n) is 8.71. The minimum Gasteiger partial charge on any atom is -0.370 e. The van der Waals surface area contributed by atoms with Gasteiger partial charge in [0.2, 0.25) is 5.91 Å². The van der Waals surface area contributed by atoms with Crippen molar-refractivity contribution >= 4 is 29.1 Å². The van der Waals surface area contributed by atoms with Gasteiger partial charge < -0.3 is 20.7 Å². The molecular weight excluding hydrogens is 422 g/mol. The third-order valence-corrected chi connectivity index (χ3v) is 4.91. The first-order chi connectivity index (χ1) is 15.0. The summed E-state index contributed by atoms with van der Waals surface area (Å²) in [5.41, 5.74) is 5.25. The molecule has 1 saturated heterocycles. The van der Waals surface area contributed by atoms with Crippen molar-refractivity contribution in [2.45, 2.75) is 40.2 Å². The highest BCUT2D eigenvalue weighted by molar-refractivity contribution is 6.10. The third kappa shape index (κ3) is 6.70. The van der Waals surface area contributed by atoms with Gasteiger partial charge in [-0.3, -0.25) is 19.3 Å². The van der Waals surface area contributed by atoms with E-state index in [4.69, 9.17) is 10.5 Å². The number of morpholine rings is 1. The number of halogens is 2. The number of primary amides is 1. The van der Waals surface area contributed by atoms with Crippen LogP contribution in [0.1, 0.15) is 39.7 Å². The number of nitrogens with zero attached hydrogens (tertiary/aromatic N) is 2. The summed E-state index contributed by atoms with van der Waals surface area (Å²) in [5, 5.41) is 2.45. The Labute approximate surface area is 187 Å². The number of hydrogen-bond acceptors (Lipinski definition) is 5. The molecule has 0 aromatic heterocycles. The van der Waals surface area contributed by atoms with E-state index in [1.807, 2.05) is 27.7 Å². The zero-order chi connectivity index (χ0) is 24.0. The van der Waals surface area contributed by atoms with Gasteiger partial charge in [0, 0.05) is 36.6 Å². The molecule has 2 rings (SSSR count). The number of anilines is 2. The number of nitrogens with two attached hydrogens (primary N) is 1. The molecule has 3 N–H and O–H groups in total. The molecule has 0 spiro atoms. The van der Waals surface area contributed by atoms with Crippen LogP contribution in [0.4, 0.5) is 20.2 Å². The average molecular weight is 455 g/mol. The van der Waals surface area contributed by atoms with E-state index in [-0.39, 0.29) is 36.6 Å². The smallest absolute Gasteiger partial charge is 0.265 e. The van der Waals surface area contributed by atoms with Crippen molar-refractivity contribution in [1.82, 2.24) is 4.90 Å². The fourth-order valence-electron chi connectivity index (χ4n) is 3.70. The van der Waals surface area contributed by atoms with Crippen LogP contribution in [0.2, 0.25) is 0 Å². The van der Waals surface area contributed by atoms with Gasteiger partial charge >= 0.3 is 0 Å². The quantitative estimate of drug-likeness (QED) is 0.528. The third-order valence-electron chi connectivity index (χ3n) is 4.91. The van der Waals surface area contributed by atoms with Crippen LogP contribution in [0.3, 0.4) is 0 Å². The van der Waals surface area contributed by atoms with Gasteiger partial charge in [0.1, 0.15) is 6.61 Å². The predicted octanol–water partition coefficient (Wildman–Crippen LogP) is 2.39. The van der Waals surface area contributed by atoms with Crippen LogP contribution in [-0.2, 0) is 19.1 Å². The molecule has 0 bridgehead atoms. The Morgan fingerprint density at radius 3 is 2.31 bits per heavy atom. The van der Waals surface area contributed by atoms with E-state index >= 15 is 0 Å². The highest BCUT2D eigenvalue weighted by Gasteiger charge is 2.33. The first-order valence-electron chi connectivity index (χ1n) is 10.7. The molecule has 8 nitrogen and oxygen atoms in total. The first-order valence-corrected chi connectivity index (χ1v) is 10.7. The van der Waals surface area contributed by atoms with Gasteiger partial charge in [-0.15, -0.1) is 0 Å². The van der Waals surface area contributed by atoms with Gasteiger partial charge in [0.25, 0.3) is 18.2 Å². The van der Waals surface area contributed by atoms with Gasteiger partial charge in [-0.1, -0.05) is 27.7 Å². The summed E-state index contributed by atoms with van der Waals surface area (Å²) in [4.78, 5) is 40.2. The Balaban J connectivity index is 2.32. The lowest BCUT2D eigenvalue weighted by Crippen LogP contribution is -2.54. The number of carbonyl (C=O) groups excluding carboxylic acids is 3.